The molecule has 1 aromatic heterocycles. The molecule has 0 aromatic carbocycles. The fraction of sp³-hybridized carbons (Fsp3) is 0.800. The van der Waals surface area contributed by atoms with Gasteiger partial charge in [0.1, 0.15) is 0 Å². The highest BCUT2D eigenvalue weighted by Gasteiger charge is 2.24. The highest BCUT2D eigenvalue weighted by atomic mass is 16.5. The van der Waals surface area contributed by atoms with E-state index in [1.807, 2.05) is 14.0 Å². The van der Waals surface area contributed by atoms with Gasteiger partial charge in [-0.1, -0.05) is 12.1 Å². The zero-order valence-corrected chi connectivity index (χ0v) is 9.86. The molecule has 0 spiro atoms. The number of hydrogen-bond donors (Lipinski definition) is 2. The topological polar surface area (TPSA) is 66.2 Å². The minimum Gasteiger partial charge on any atom is -0.339 e. The van der Waals surface area contributed by atoms with Gasteiger partial charge >= 0.3 is 0 Å². The molecule has 1 fully saturated rings. The average Bonchev–Trinajstić information content (AvgIpc) is 2.79. The molecule has 1 aliphatic rings. The van der Waals surface area contributed by atoms with Crippen molar-refractivity contribution in [2.24, 2.45) is 0 Å². The molecule has 0 amide bonds. The standard InChI is InChI=1S/C10H19N5O/c1-3-9-12-10(16-13-9)8-4-6-15(7-5-8)14-11-2/h8,11,14H,3-7H2,1-2H3. The molecule has 2 heterocycles. The number of rotatable bonds is 4. The number of nitrogens with one attached hydrogen (secondary N) is 2. The number of piperidine rings is 1. The number of nitrogens with zero attached hydrogens (tertiary/aromatic N) is 3. The molecule has 0 radical (unpaired) electrons. The molecule has 0 saturated carbocycles. The molecule has 16 heavy (non-hydrogen) atoms. The van der Waals surface area contributed by atoms with Gasteiger partial charge in [-0.2, -0.15) is 10.5 Å². The fourth-order valence-electron chi connectivity index (χ4n) is 1.97. The minimum absolute atomic E-state index is 0.419. The number of aromatic nitrogens is 2. The molecule has 2 rings (SSSR count). The number of aryl methyl sites for hydroxylation is 1. The van der Waals surface area contributed by atoms with E-state index in [4.69, 9.17) is 4.52 Å². The van der Waals surface area contributed by atoms with Gasteiger partial charge in [-0.25, -0.2) is 10.4 Å². The van der Waals surface area contributed by atoms with Gasteiger partial charge in [0, 0.05) is 25.4 Å². The van der Waals surface area contributed by atoms with E-state index < -0.39 is 0 Å². The first kappa shape index (κ1) is 11.5. The SMILES string of the molecule is CCc1noc(C2CCN(NNC)CC2)n1. The highest BCUT2D eigenvalue weighted by molar-refractivity contribution is 4.96. The van der Waals surface area contributed by atoms with Gasteiger partial charge in [-0.05, 0) is 19.9 Å². The molecule has 0 atom stereocenters. The van der Waals surface area contributed by atoms with Gasteiger partial charge in [0.25, 0.3) is 0 Å². The molecular weight excluding hydrogens is 206 g/mol. The molecule has 0 unspecified atom stereocenters. The third kappa shape index (κ3) is 2.58. The first-order valence-corrected chi connectivity index (χ1v) is 5.83. The van der Waals surface area contributed by atoms with Crippen LogP contribution in [0.15, 0.2) is 4.52 Å². The maximum atomic E-state index is 5.27. The molecule has 2 N–H and O–H groups in total. The van der Waals surface area contributed by atoms with Crippen LogP contribution in [-0.2, 0) is 6.42 Å². The van der Waals surface area contributed by atoms with E-state index in [-0.39, 0.29) is 0 Å². The van der Waals surface area contributed by atoms with E-state index in [2.05, 4.69) is 26.1 Å². The smallest absolute Gasteiger partial charge is 0.229 e. The van der Waals surface area contributed by atoms with Crippen LogP contribution in [0.2, 0.25) is 0 Å². The maximum absolute atomic E-state index is 5.27. The van der Waals surface area contributed by atoms with Crippen LogP contribution in [0.1, 0.15) is 37.4 Å². The lowest BCUT2D eigenvalue weighted by Crippen LogP contribution is -2.48. The van der Waals surface area contributed by atoms with Crippen molar-refractivity contribution in [1.29, 1.82) is 0 Å². The summed E-state index contributed by atoms with van der Waals surface area (Å²) in [6.07, 6.45) is 2.95. The van der Waals surface area contributed by atoms with Gasteiger partial charge in [0.15, 0.2) is 5.82 Å². The van der Waals surface area contributed by atoms with Crippen LogP contribution in [0.4, 0.5) is 0 Å². The summed E-state index contributed by atoms with van der Waals surface area (Å²) in [5.41, 5.74) is 6.02. The molecule has 0 bridgehead atoms. The quantitative estimate of drug-likeness (QED) is 0.725. The lowest BCUT2D eigenvalue weighted by atomic mass is 9.98. The monoisotopic (exact) mass is 225 g/mol. The van der Waals surface area contributed by atoms with Crippen LogP contribution in [-0.4, -0.2) is 35.3 Å². The van der Waals surface area contributed by atoms with E-state index >= 15 is 0 Å². The third-order valence-electron chi connectivity index (χ3n) is 2.91. The fourth-order valence-corrected chi connectivity index (χ4v) is 1.97. The molecule has 90 valence electrons. The van der Waals surface area contributed by atoms with Crippen LogP contribution in [0.3, 0.4) is 0 Å². The van der Waals surface area contributed by atoms with Crippen molar-refractivity contribution in [3.05, 3.63) is 11.7 Å². The van der Waals surface area contributed by atoms with Crippen molar-refractivity contribution in [3.8, 4) is 0 Å². The first-order valence-electron chi connectivity index (χ1n) is 5.83. The summed E-state index contributed by atoms with van der Waals surface area (Å²) in [6, 6.07) is 0. The Morgan fingerprint density at radius 3 is 2.75 bits per heavy atom. The van der Waals surface area contributed by atoms with Crippen molar-refractivity contribution in [3.63, 3.8) is 0 Å². The van der Waals surface area contributed by atoms with Crippen LogP contribution in [0, 0.1) is 0 Å². The van der Waals surface area contributed by atoms with Crippen molar-refractivity contribution in [2.45, 2.75) is 32.1 Å². The van der Waals surface area contributed by atoms with E-state index in [1.54, 1.807) is 0 Å². The molecule has 6 heteroatoms. The van der Waals surface area contributed by atoms with Crippen LogP contribution in [0.5, 0.6) is 0 Å². The van der Waals surface area contributed by atoms with E-state index in [9.17, 15) is 0 Å². The zero-order chi connectivity index (χ0) is 11.4. The molecule has 1 saturated heterocycles. The second kappa shape index (κ2) is 5.38. The van der Waals surface area contributed by atoms with Gasteiger partial charge in [0.05, 0.1) is 0 Å². The number of hydrogen-bond acceptors (Lipinski definition) is 6. The van der Waals surface area contributed by atoms with Crippen LogP contribution in [0.25, 0.3) is 0 Å². The third-order valence-corrected chi connectivity index (χ3v) is 2.91. The Kier molecular flexibility index (Phi) is 3.87. The Balaban J connectivity index is 1.88. The largest absolute Gasteiger partial charge is 0.339 e. The summed E-state index contributed by atoms with van der Waals surface area (Å²) >= 11 is 0. The highest BCUT2D eigenvalue weighted by Crippen LogP contribution is 2.25. The molecule has 1 aliphatic heterocycles. The Morgan fingerprint density at radius 2 is 2.19 bits per heavy atom. The maximum Gasteiger partial charge on any atom is 0.229 e. The summed E-state index contributed by atoms with van der Waals surface area (Å²) in [5.74, 6) is 2.04. The predicted octanol–water partition coefficient (Wildman–Crippen LogP) is 0.450. The van der Waals surface area contributed by atoms with Gasteiger partial charge in [0.2, 0.25) is 5.89 Å². The summed E-state index contributed by atoms with van der Waals surface area (Å²) < 4.78 is 5.27. The lowest BCUT2D eigenvalue weighted by molar-refractivity contribution is 0.114. The average molecular weight is 225 g/mol. The van der Waals surface area contributed by atoms with Crippen molar-refractivity contribution < 1.29 is 4.52 Å². The summed E-state index contributed by atoms with van der Waals surface area (Å²) in [4.78, 5) is 4.39. The summed E-state index contributed by atoms with van der Waals surface area (Å²) in [7, 11) is 1.87. The second-order valence-corrected chi connectivity index (χ2v) is 4.03. The summed E-state index contributed by atoms with van der Waals surface area (Å²) in [5, 5.41) is 6.10. The van der Waals surface area contributed by atoms with Crippen molar-refractivity contribution in [2.75, 3.05) is 20.1 Å². The van der Waals surface area contributed by atoms with Gasteiger partial charge < -0.3 is 4.52 Å². The molecule has 6 nitrogen and oxygen atoms in total. The van der Waals surface area contributed by atoms with Gasteiger partial charge in [-0.3, -0.25) is 0 Å². The normalized spacial score (nSPS) is 19.1. The van der Waals surface area contributed by atoms with E-state index in [0.29, 0.717) is 5.92 Å². The Morgan fingerprint density at radius 1 is 1.44 bits per heavy atom. The lowest BCUT2D eigenvalue weighted by Gasteiger charge is -2.30. The Bertz CT molecular complexity index is 319. The van der Waals surface area contributed by atoms with Crippen molar-refractivity contribution in [1.82, 2.24) is 26.1 Å². The molecule has 0 aliphatic carbocycles. The predicted molar refractivity (Wildman–Crippen MR) is 59.4 cm³/mol. The molecular formula is C10H19N5O. The Hall–Kier alpha value is -0.980. The summed E-state index contributed by atoms with van der Waals surface area (Å²) in [6.45, 7) is 4.03. The van der Waals surface area contributed by atoms with E-state index in [1.165, 1.54) is 0 Å². The van der Waals surface area contributed by atoms with Crippen LogP contribution >= 0.6 is 0 Å². The Labute approximate surface area is 95.3 Å². The second-order valence-electron chi connectivity index (χ2n) is 4.03. The van der Waals surface area contributed by atoms with Crippen LogP contribution < -0.4 is 11.0 Å². The first-order chi connectivity index (χ1) is 7.83. The molecule has 1 aromatic rings. The van der Waals surface area contributed by atoms with Gasteiger partial charge in [-0.15, -0.1) is 0 Å². The van der Waals surface area contributed by atoms with E-state index in [0.717, 1.165) is 44.1 Å². The van der Waals surface area contributed by atoms with Crippen molar-refractivity contribution >= 4 is 0 Å². The number of hydrazine groups is 2. The minimum atomic E-state index is 0.419. The zero-order valence-electron chi connectivity index (χ0n) is 9.86.